The van der Waals surface area contributed by atoms with Crippen LogP contribution < -0.4 is 4.74 Å². The number of carbonyl (C=O) groups excluding carboxylic acids is 1. The van der Waals surface area contributed by atoms with Crippen LogP contribution in [0.4, 0.5) is 4.39 Å². The third-order valence-electron chi connectivity index (χ3n) is 7.65. The average Bonchev–Trinajstić information content (AvgIpc) is 3.37. The molecule has 7 heteroatoms. The van der Waals surface area contributed by atoms with Gasteiger partial charge in [-0.1, -0.05) is 17.7 Å². The van der Waals surface area contributed by atoms with E-state index in [1.807, 2.05) is 46.9 Å². The fourth-order valence-corrected chi connectivity index (χ4v) is 5.21. The fourth-order valence-electron chi connectivity index (χ4n) is 5.21. The number of aryl methyl sites for hydroxylation is 3. The highest BCUT2D eigenvalue weighted by Gasteiger charge is 2.25. The lowest BCUT2D eigenvalue weighted by atomic mass is 9.91. The minimum absolute atomic E-state index is 0.0868. The van der Waals surface area contributed by atoms with E-state index in [4.69, 9.17) is 9.72 Å². The van der Waals surface area contributed by atoms with Gasteiger partial charge in [0.2, 0.25) is 5.91 Å². The Morgan fingerprint density at radius 1 is 1.05 bits per heavy atom. The number of carbonyl (C=O) groups is 1. The predicted octanol–water partition coefficient (Wildman–Crippen LogP) is 6.11. The molecule has 0 N–H and O–H groups in total. The Kier molecular flexibility index (Phi) is 8.05. The molecule has 39 heavy (non-hydrogen) atoms. The molecule has 4 aromatic rings. The molecule has 0 saturated carbocycles. The molecule has 202 valence electrons. The average molecular weight is 527 g/mol. The first-order valence-electron chi connectivity index (χ1n) is 13.6. The number of imidazole rings is 1. The van der Waals surface area contributed by atoms with Gasteiger partial charge >= 0.3 is 0 Å². The zero-order valence-corrected chi connectivity index (χ0v) is 22.9. The summed E-state index contributed by atoms with van der Waals surface area (Å²) in [6, 6.07) is 17.0. The molecule has 0 atom stereocenters. The van der Waals surface area contributed by atoms with Gasteiger partial charge in [-0.2, -0.15) is 0 Å². The number of likely N-dealkylation sites (tertiary alicyclic amines) is 1. The lowest BCUT2D eigenvalue weighted by Crippen LogP contribution is -2.39. The van der Waals surface area contributed by atoms with Gasteiger partial charge < -0.3 is 14.2 Å². The van der Waals surface area contributed by atoms with E-state index in [1.54, 1.807) is 32.4 Å². The molecule has 6 nitrogen and oxygen atoms in total. The SMILES string of the molecule is COc1ccnc(CCC2CCN(C(=O)Cc3nc(-c4ccc(F)c(C)c4)cn3-c3ccc(C)cc3)CC2)c1. The maximum atomic E-state index is 13.9. The number of pyridine rings is 1. The molecule has 0 unspecified atom stereocenters. The summed E-state index contributed by atoms with van der Waals surface area (Å²) in [6.07, 6.45) is 7.89. The van der Waals surface area contributed by atoms with E-state index in [0.717, 1.165) is 72.7 Å². The van der Waals surface area contributed by atoms with Gasteiger partial charge in [-0.15, -0.1) is 0 Å². The van der Waals surface area contributed by atoms with Gasteiger partial charge in [0.15, 0.2) is 0 Å². The maximum absolute atomic E-state index is 13.9. The number of ether oxygens (including phenoxy) is 1. The number of hydrogen-bond donors (Lipinski definition) is 0. The third kappa shape index (κ3) is 6.36. The van der Waals surface area contributed by atoms with Crippen LogP contribution in [0.25, 0.3) is 16.9 Å². The maximum Gasteiger partial charge on any atom is 0.230 e. The van der Waals surface area contributed by atoms with E-state index in [-0.39, 0.29) is 18.1 Å². The van der Waals surface area contributed by atoms with Crippen molar-refractivity contribution in [2.45, 2.75) is 46.0 Å². The van der Waals surface area contributed by atoms with E-state index in [0.29, 0.717) is 17.3 Å². The van der Waals surface area contributed by atoms with Crippen LogP contribution in [0.5, 0.6) is 5.75 Å². The Balaban J connectivity index is 1.26. The molecular weight excluding hydrogens is 491 g/mol. The number of amides is 1. The second-order valence-corrected chi connectivity index (χ2v) is 10.4. The number of halogens is 1. The van der Waals surface area contributed by atoms with Gasteiger partial charge in [-0.3, -0.25) is 9.78 Å². The third-order valence-corrected chi connectivity index (χ3v) is 7.65. The Hall–Kier alpha value is -4.00. The quantitative estimate of drug-likeness (QED) is 0.278. The summed E-state index contributed by atoms with van der Waals surface area (Å²) in [5, 5.41) is 0. The van der Waals surface area contributed by atoms with Crippen LogP contribution in [0.15, 0.2) is 67.0 Å². The minimum Gasteiger partial charge on any atom is -0.497 e. The second kappa shape index (κ2) is 11.8. The smallest absolute Gasteiger partial charge is 0.230 e. The van der Waals surface area contributed by atoms with Gasteiger partial charge in [0.1, 0.15) is 17.4 Å². The molecule has 1 aliphatic heterocycles. The Morgan fingerprint density at radius 2 is 1.82 bits per heavy atom. The van der Waals surface area contributed by atoms with Crippen LogP contribution >= 0.6 is 0 Å². The fraction of sp³-hybridized carbons (Fsp3) is 0.344. The van der Waals surface area contributed by atoms with Crippen molar-refractivity contribution < 1.29 is 13.9 Å². The molecule has 1 saturated heterocycles. The van der Waals surface area contributed by atoms with E-state index < -0.39 is 0 Å². The predicted molar refractivity (Wildman–Crippen MR) is 151 cm³/mol. The van der Waals surface area contributed by atoms with Gasteiger partial charge in [-0.25, -0.2) is 9.37 Å². The molecule has 1 aliphatic rings. The van der Waals surface area contributed by atoms with Gasteiger partial charge in [-0.05, 0) is 87.4 Å². The lowest BCUT2D eigenvalue weighted by Gasteiger charge is -2.32. The number of rotatable bonds is 8. The van der Waals surface area contributed by atoms with E-state index in [1.165, 1.54) is 6.07 Å². The number of nitrogens with zero attached hydrogens (tertiary/aromatic N) is 4. The first-order chi connectivity index (χ1) is 18.9. The van der Waals surface area contributed by atoms with Crippen molar-refractivity contribution in [2.24, 2.45) is 5.92 Å². The monoisotopic (exact) mass is 526 g/mol. The molecule has 5 rings (SSSR count). The number of piperidine rings is 1. The number of aromatic nitrogens is 3. The summed E-state index contributed by atoms with van der Waals surface area (Å²) in [5.41, 5.74) is 5.29. The topological polar surface area (TPSA) is 60.2 Å². The van der Waals surface area contributed by atoms with Gasteiger partial charge in [0.25, 0.3) is 0 Å². The molecule has 2 aromatic heterocycles. The summed E-state index contributed by atoms with van der Waals surface area (Å²) in [6.45, 7) is 5.30. The van der Waals surface area contributed by atoms with Crippen LogP contribution in [-0.4, -0.2) is 45.5 Å². The molecule has 1 amide bonds. The number of benzene rings is 2. The van der Waals surface area contributed by atoms with Gasteiger partial charge in [0.05, 0.1) is 19.2 Å². The van der Waals surface area contributed by atoms with E-state index in [9.17, 15) is 9.18 Å². The Labute approximate surface area is 229 Å². The molecule has 2 aromatic carbocycles. The first-order valence-corrected chi connectivity index (χ1v) is 13.6. The zero-order valence-electron chi connectivity index (χ0n) is 22.9. The highest BCUT2D eigenvalue weighted by atomic mass is 19.1. The molecule has 0 aliphatic carbocycles. The number of methoxy groups -OCH3 is 1. The Bertz CT molecular complexity index is 1440. The van der Waals surface area contributed by atoms with E-state index >= 15 is 0 Å². The summed E-state index contributed by atoms with van der Waals surface area (Å²) in [7, 11) is 1.67. The summed E-state index contributed by atoms with van der Waals surface area (Å²) >= 11 is 0. The van der Waals surface area contributed by atoms with E-state index in [2.05, 4.69) is 17.1 Å². The normalized spacial score (nSPS) is 14.0. The second-order valence-electron chi connectivity index (χ2n) is 10.4. The highest BCUT2D eigenvalue weighted by Crippen LogP contribution is 2.26. The zero-order chi connectivity index (χ0) is 27.4. The molecule has 0 radical (unpaired) electrons. The van der Waals surface area contributed by atoms with Crippen molar-refractivity contribution in [1.29, 1.82) is 0 Å². The summed E-state index contributed by atoms with van der Waals surface area (Å²) < 4.78 is 21.2. The highest BCUT2D eigenvalue weighted by molar-refractivity contribution is 5.78. The molecule has 1 fully saturated rings. The van der Waals surface area contributed by atoms with Gasteiger partial charge in [0, 0.05) is 48.5 Å². The molecule has 0 spiro atoms. The summed E-state index contributed by atoms with van der Waals surface area (Å²) in [4.78, 5) is 24.7. The summed E-state index contributed by atoms with van der Waals surface area (Å²) in [5.74, 6) is 1.94. The van der Waals surface area contributed by atoms with Crippen LogP contribution in [0.3, 0.4) is 0 Å². The van der Waals surface area contributed by atoms with Crippen molar-refractivity contribution in [3.8, 4) is 22.7 Å². The Morgan fingerprint density at radius 3 is 2.54 bits per heavy atom. The standard InChI is InChI=1S/C32H35FN4O2/c1-22-4-9-27(10-5-22)37-21-30(25-7-11-29(33)23(2)18-25)35-31(37)20-32(38)36-16-13-24(14-17-36)6-8-26-19-28(39-3)12-15-34-26/h4-5,7,9-12,15,18-19,21,24H,6,8,13-14,16-17,20H2,1-3H3. The number of hydrogen-bond acceptors (Lipinski definition) is 4. The molecular formula is C32H35FN4O2. The first kappa shape index (κ1) is 26.6. The lowest BCUT2D eigenvalue weighted by molar-refractivity contribution is -0.132. The largest absolute Gasteiger partial charge is 0.497 e. The van der Waals surface area contributed by atoms with Crippen molar-refractivity contribution in [3.05, 3.63) is 95.5 Å². The van der Waals surface area contributed by atoms with Crippen molar-refractivity contribution >= 4 is 5.91 Å². The van der Waals surface area contributed by atoms with Crippen LogP contribution in [-0.2, 0) is 17.6 Å². The molecule has 3 heterocycles. The van der Waals surface area contributed by atoms with Crippen molar-refractivity contribution in [3.63, 3.8) is 0 Å². The van der Waals surface area contributed by atoms with Crippen LogP contribution in [0.1, 0.15) is 41.9 Å². The minimum atomic E-state index is -0.240. The van der Waals surface area contributed by atoms with Crippen molar-refractivity contribution in [1.82, 2.24) is 19.4 Å². The van der Waals surface area contributed by atoms with Crippen LogP contribution in [0.2, 0.25) is 0 Å². The molecule has 0 bridgehead atoms. The van der Waals surface area contributed by atoms with Crippen molar-refractivity contribution in [2.75, 3.05) is 20.2 Å². The van der Waals surface area contributed by atoms with Crippen LogP contribution in [0, 0.1) is 25.6 Å².